The third-order valence-corrected chi connectivity index (χ3v) is 6.15. The van der Waals surface area contributed by atoms with Crippen LogP contribution in [-0.4, -0.2) is 16.6 Å². The van der Waals surface area contributed by atoms with Crippen molar-refractivity contribution in [2.24, 2.45) is 0 Å². The Bertz CT molecular complexity index is 1200. The number of thiazole rings is 1. The third kappa shape index (κ3) is 5.59. The monoisotopic (exact) mass is 459 g/mol. The first kappa shape index (κ1) is 23.0. The van der Waals surface area contributed by atoms with E-state index in [-0.39, 0.29) is 5.41 Å². The number of para-hydroxylation sites is 1. The number of benzene rings is 2. The van der Waals surface area contributed by atoms with Gasteiger partial charge < -0.3 is 14.8 Å². The highest BCUT2D eigenvalue weighted by molar-refractivity contribution is 7.19. The maximum Gasteiger partial charge on any atom is 0.243 e. The summed E-state index contributed by atoms with van der Waals surface area (Å²) in [5.74, 6) is 1.31. The molecule has 2 heterocycles. The lowest BCUT2D eigenvalue weighted by molar-refractivity contribution is 0.132. The molecule has 0 radical (unpaired) electrons. The van der Waals surface area contributed by atoms with E-state index in [4.69, 9.17) is 14.5 Å². The quantitative estimate of drug-likeness (QED) is 0.294. The first-order valence-electron chi connectivity index (χ1n) is 11.1. The van der Waals surface area contributed by atoms with Gasteiger partial charge >= 0.3 is 0 Å². The van der Waals surface area contributed by atoms with Gasteiger partial charge in [-0.3, -0.25) is 0 Å². The Balaban J connectivity index is 1.65. The van der Waals surface area contributed by atoms with E-state index >= 15 is 0 Å². The number of hydrogen-bond donors (Lipinski definition) is 1. The Labute approximate surface area is 199 Å². The lowest BCUT2D eigenvalue weighted by Gasteiger charge is -2.22. The minimum atomic E-state index is -0.0486. The fourth-order valence-corrected chi connectivity index (χ4v) is 4.47. The zero-order valence-electron chi connectivity index (χ0n) is 19.5. The molecule has 6 heteroatoms. The summed E-state index contributed by atoms with van der Waals surface area (Å²) in [5.41, 5.74) is 3.88. The number of hydrogen-bond acceptors (Lipinski definition) is 6. The van der Waals surface area contributed by atoms with Crippen LogP contribution >= 0.6 is 11.3 Å². The molecule has 170 valence electrons. The maximum absolute atomic E-state index is 6.30. The molecule has 2 aromatic carbocycles. The van der Waals surface area contributed by atoms with Crippen LogP contribution in [0, 0.1) is 0 Å². The summed E-state index contributed by atoms with van der Waals surface area (Å²) in [7, 11) is 0. The van der Waals surface area contributed by atoms with Crippen molar-refractivity contribution in [2.45, 2.75) is 39.7 Å². The second-order valence-electron chi connectivity index (χ2n) is 8.63. The summed E-state index contributed by atoms with van der Waals surface area (Å²) in [6.45, 7) is 9.62. The van der Waals surface area contributed by atoms with Crippen molar-refractivity contribution in [3.63, 3.8) is 0 Å². The predicted octanol–water partition coefficient (Wildman–Crippen LogP) is 7.58. The Morgan fingerprint density at radius 1 is 0.939 bits per heavy atom. The summed E-state index contributed by atoms with van der Waals surface area (Å²) < 4.78 is 12.0. The van der Waals surface area contributed by atoms with E-state index in [9.17, 15) is 0 Å². The number of nitrogens with one attached hydrogen (secondary N) is 1. The van der Waals surface area contributed by atoms with Gasteiger partial charge in [0.25, 0.3) is 0 Å². The zero-order chi connectivity index (χ0) is 23.3. The third-order valence-electron chi connectivity index (χ3n) is 5.09. The van der Waals surface area contributed by atoms with Gasteiger partial charge in [-0.2, -0.15) is 0 Å². The number of anilines is 2. The van der Waals surface area contributed by atoms with Crippen molar-refractivity contribution in [1.29, 1.82) is 0 Å². The molecule has 0 aliphatic heterocycles. The standard InChI is InChI=1S/C27H29N3O2S/c1-5-31-18-22-24(19-12-7-6-8-13-19)33-26(30-22)29-21-15-11-17-28-25(21)32-23-16-10-9-14-20(23)27(2,3)4/h6-17H,5,18H2,1-4H3,(H,29,30). The van der Waals surface area contributed by atoms with E-state index < -0.39 is 0 Å². The van der Waals surface area contributed by atoms with Crippen molar-refractivity contribution in [1.82, 2.24) is 9.97 Å². The molecule has 5 nitrogen and oxygen atoms in total. The predicted molar refractivity (Wildman–Crippen MR) is 136 cm³/mol. The van der Waals surface area contributed by atoms with E-state index in [1.807, 2.05) is 55.5 Å². The summed E-state index contributed by atoms with van der Waals surface area (Å²) in [5, 5.41) is 4.19. The molecule has 0 saturated heterocycles. The zero-order valence-corrected chi connectivity index (χ0v) is 20.3. The van der Waals surface area contributed by atoms with Crippen LogP contribution in [0.3, 0.4) is 0 Å². The van der Waals surface area contributed by atoms with Crippen LogP contribution in [0.25, 0.3) is 10.4 Å². The minimum absolute atomic E-state index is 0.0486. The highest BCUT2D eigenvalue weighted by Gasteiger charge is 2.20. The van der Waals surface area contributed by atoms with Crippen LogP contribution in [-0.2, 0) is 16.8 Å². The fourth-order valence-electron chi connectivity index (χ4n) is 3.48. The molecule has 0 saturated carbocycles. The molecular formula is C27H29N3O2S. The minimum Gasteiger partial charge on any atom is -0.437 e. The van der Waals surface area contributed by atoms with Crippen LogP contribution in [0.1, 0.15) is 39.0 Å². The molecule has 1 N–H and O–H groups in total. The van der Waals surface area contributed by atoms with E-state index in [0.29, 0.717) is 19.1 Å². The maximum atomic E-state index is 6.30. The molecule has 4 aromatic rings. The largest absolute Gasteiger partial charge is 0.437 e. The average molecular weight is 460 g/mol. The van der Waals surface area contributed by atoms with Crippen molar-refractivity contribution in [2.75, 3.05) is 11.9 Å². The second kappa shape index (κ2) is 10.1. The van der Waals surface area contributed by atoms with Gasteiger partial charge in [0.1, 0.15) is 11.4 Å². The second-order valence-corrected chi connectivity index (χ2v) is 9.63. The van der Waals surface area contributed by atoms with Crippen LogP contribution in [0.5, 0.6) is 11.6 Å². The number of nitrogens with zero attached hydrogens (tertiary/aromatic N) is 2. The molecule has 0 unspecified atom stereocenters. The lowest BCUT2D eigenvalue weighted by atomic mass is 9.86. The smallest absolute Gasteiger partial charge is 0.243 e. The molecule has 2 aromatic heterocycles. The molecule has 0 aliphatic rings. The van der Waals surface area contributed by atoms with Crippen LogP contribution in [0.2, 0.25) is 0 Å². The average Bonchev–Trinajstić information content (AvgIpc) is 3.22. The first-order valence-corrected chi connectivity index (χ1v) is 11.9. The summed E-state index contributed by atoms with van der Waals surface area (Å²) >= 11 is 1.59. The molecule has 4 rings (SSSR count). The van der Waals surface area contributed by atoms with Gasteiger partial charge in [-0.05, 0) is 36.1 Å². The lowest BCUT2D eigenvalue weighted by Crippen LogP contribution is -2.12. The van der Waals surface area contributed by atoms with Gasteiger partial charge in [0.05, 0.1) is 17.2 Å². The molecule has 0 aliphatic carbocycles. The topological polar surface area (TPSA) is 56.3 Å². The molecule has 0 fully saturated rings. The van der Waals surface area contributed by atoms with Crippen LogP contribution < -0.4 is 10.1 Å². The molecule has 33 heavy (non-hydrogen) atoms. The van der Waals surface area contributed by atoms with E-state index in [2.05, 4.69) is 49.3 Å². The van der Waals surface area contributed by atoms with E-state index in [1.165, 1.54) is 0 Å². The fraction of sp³-hybridized carbons (Fsp3) is 0.259. The Morgan fingerprint density at radius 2 is 1.70 bits per heavy atom. The summed E-state index contributed by atoms with van der Waals surface area (Å²) in [4.78, 5) is 10.4. The van der Waals surface area contributed by atoms with Crippen molar-refractivity contribution >= 4 is 22.2 Å². The highest BCUT2D eigenvalue weighted by atomic mass is 32.1. The highest BCUT2D eigenvalue weighted by Crippen LogP contribution is 2.39. The van der Waals surface area contributed by atoms with Gasteiger partial charge in [-0.15, -0.1) is 0 Å². The number of rotatable bonds is 8. The van der Waals surface area contributed by atoms with Crippen molar-refractivity contribution in [3.05, 3.63) is 84.2 Å². The Kier molecular flexibility index (Phi) is 7.06. The van der Waals surface area contributed by atoms with Gasteiger partial charge in [0.2, 0.25) is 5.88 Å². The Hall–Kier alpha value is -3.22. The van der Waals surface area contributed by atoms with E-state index in [1.54, 1.807) is 17.5 Å². The van der Waals surface area contributed by atoms with Crippen molar-refractivity contribution < 1.29 is 9.47 Å². The first-order chi connectivity index (χ1) is 16.0. The normalized spacial score (nSPS) is 11.4. The SMILES string of the molecule is CCOCc1nc(Nc2cccnc2Oc2ccccc2C(C)(C)C)sc1-c1ccccc1. The molecule has 0 atom stereocenters. The van der Waals surface area contributed by atoms with Crippen molar-refractivity contribution in [3.8, 4) is 22.1 Å². The molecular weight excluding hydrogens is 430 g/mol. The van der Waals surface area contributed by atoms with Gasteiger partial charge in [0, 0.05) is 18.4 Å². The Morgan fingerprint density at radius 3 is 2.45 bits per heavy atom. The van der Waals surface area contributed by atoms with Crippen LogP contribution in [0.4, 0.5) is 10.8 Å². The van der Waals surface area contributed by atoms with Gasteiger partial charge in [-0.25, -0.2) is 9.97 Å². The van der Waals surface area contributed by atoms with Crippen LogP contribution in [0.15, 0.2) is 72.9 Å². The number of ether oxygens (including phenoxy) is 2. The molecule has 0 amide bonds. The number of pyridine rings is 1. The summed E-state index contributed by atoms with van der Waals surface area (Å²) in [6.07, 6.45) is 1.73. The molecule has 0 spiro atoms. The van der Waals surface area contributed by atoms with Gasteiger partial charge in [-0.1, -0.05) is 80.6 Å². The number of aromatic nitrogens is 2. The summed E-state index contributed by atoms with van der Waals surface area (Å²) in [6, 6.07) is 22.2. The molecule has 0 bridgehead atoms. The van der Waals surface area contributed by atoms with E-state index in [0.717, 1.165) is 38.3 Å². The van der Waals surface area contributed by atoms with Gasteiger partial charge in [0.15, 0.2) is 5.13 Å².